The lowest BCUT2D eigenvalue weighted by Crippen LogP contribution is -2.43. The third kappa shape index (κ3) is 2.27. The first-order valence-electron chi connectivity index (χ1n) is 6.41. The molecule has 1 aliphatic heterocycles. The molecule has 1 saturated heterocycles. The molecular formula is C13H15N5O2. The van der Waals surface area contributed by atoms with Crippen molar-refractivity contribution in [3.8, 4) is 0 Å². The van der Waals surface area contributed by atoms with E-state index in [0.717, 1.165) is 11.3 Å². The maximum absolute atomic E-state index is 12.6. The van der Waals surface area contributed by atoms with Crippen molar-refractivity contribution >= 4 is 5.91 Å². The van der Waals surface area contributed by atoms with Gasteiger partial charge in [0, 0.05) is 18.9 Å². The van der Waals surface area contributed by atoms with Crippen molar-refractivity contribution in [3.63, 3.8) is 0 Å². The van der Waals surface area contributed by atoms with Gasteiger partial charge < -0.3 is 9.64 Å². The lowest BCUT2D eigenvalue weighted by Gasteiger charge is -2.35. The lowest BCUT2D eigenvalue weighted by molar-refractivity contribution is -0.00412. The van der Waals surface area contributed by atoms with E-state index in [-0.39, 0.29) is 11.9 Å². The maximum Gasteiger partial charge on any atom is 0.257 e. The number of morpholine rings is 1. The molecule has 3 heterocycles. The molecule has 0 radical (unpaired) electrons. The Kier molecular flexibility index (Phi) is 3.42. The van der Waals surface area contributed by atoms with E-state index in [0.29, 0.717) is 25.3 Å². The number of ether oxygens (including phenoxy) is 1. The molecule has 0 aliphatic carbocycles. The van der Waals surface area contributed by atoms with E-state index in [1.165, 1.54) is 18.7 Å². The van der Waals surface area contributed by atoms with Crippen LogP contribution in [0.5, 0.6) is 0 Å². The van der Waals surface area contributed by atoms with Crippen LogP contribution >= 0.6 is 0 Å². The number of aromatic nitrogens is 4. The average molecular weight is 273 g/mol. The molecule has 1 N–H and O–H groups in total. The second-order valence-corrected chi connectivity index (χ2v) is 4.68. The molecule has 2 aromatic heterocycles. The van der Waals surface area contributed by atoms with Crippen molar-refractivity contribution in [3.05, 3.63) is 41.7 Å². The number of carbonyl (C=O) groups excluding carboxylic acids is 1. The summed E-state index contributed by atoms with van der Waals surface area (Å²) in [6.07, 6.45) is 6.22. The second kappa shape index (κ2) is 5.38. The van der Waals surface area contributed by atoms with Crippen molar-refractivity contribution in [1.82, 2.24) is 25.1 Å². The summed E-state index contributed by atoms with van der Waals surface area (Å²) < 4.78 is 5.50. The van der Waals surface area contributed by atoms with Gasteiger partial charge in [-0.15, -0.1) is 0 Å². The number of nitrogens with zero attached hydrogens (tertiary/aromatic N) is 4. The fourth-order valence-corrected chi connectivity index (χ4v) is 2.35. The fraction of sp³-hybridized carbons (Fsp3) is 0.385. The molecule has 1 unspecified atom stereocenters. The van der Waals surface area contributed by atoms with E-state index in [1.54, 1.807) is 11.1 Å². The van der Waals surface area contributed by atoms with Crippen LogP contribution in [0.15, 0.2) is 24.9 Å². The molecule has 2 aromatic rings. The van der Waals surface area contributed by atoms with Gasteiger partial charge in [0.05, 0.1) is 36.7 Å². The number of carbonyl (C=O) groups is 1. The second-order valence-electron chi connectivity index (χ2n) is 4.68. The van der Waals surface area contributed by atoms with Gasteiger partial charge in [0.15, 0.2) is 0 Å². The van der Waals surface area contributed by atoms with Crippen LogP contribution in [0.25, 0.3) is 0 Å². The van der Waals surface area contributed by atoms with Gasteiger partial charge in [0.25, 0.3) is 5.91 Å². The molecule has 104 valence electrons. The quantitative estimate of drug-likeness (QED) is 0.871. The number of aryl methyl sites for hydroxylation is 1. The zero-order valence-electron chi connectivity index (χ0n) is 11.1. The van der Waals surface area contributed by atoms with Crippen molar-refractivity contribution in [2.75, 3.05) is 19.8 Å². The van der Waals surface area contributed by atoms with Crippen LogP contribution in [0.1, 0.15) is 27.7 Å². The van der Waals surface area contributed by atoms with Gasteiger partial charge in [0.2, 0.25) is 0 Å². The summed E-state index contributed by atoms with van der Waals surface area (Å²) in [7, 11) is 0. The number of H-pyrrole nitrogens is 1. The number of hydrogen-bond donors (Lipinski definition) is 1. The summed E-state index contributed by atoms with van der Waals surface area (Å²) >= 11 is 0. The largest absolute Gasteiger partial charge is 0.377 e. The summed E-state index contributed by atoms with van der Waals surface area (Å²) in [5, 5.41) is 6.98. The molecule has 7 heteroatoms. The minimum absolute atomic E-state index is 0.0899. The molecule has 0 spiro atoms. The Hall–Kier alpha value is -2.28. The zero-order valence-corrected chi connectivity index (χ0v) is 11.1. The maximum atomic E-state index is 12.6. The van der Waals surface area contributed by atoms with E-state index in [1.807, 2.05) is 6.92 Å². The molecule has 3 rings (SSSR count). The molecule has 0 aromatic carbocycles. The summed E-state index contributed by atoms with van der Waals surface area (Å²) in [4.78, 5) is 22.1. The highest BCUT2D eigenvalue weighted by molar-refractivity contribution is 5.94. The number of hydrogen-bond acceptors (Lipinski definition) is 5. The minimum atomic E-state index is -0.154. The predicted molar refractivity (Wildman–Crippen MR) is 70.0 cm³/mol. The minimum Gasteiger partial charge on any atom is -0.377 e. The Bertz CT molecular complexity index is 598. The molecule has 1 fully saturated rings. The van der Waals surface area contributed by atoms with Gasteiger partial charge in [-0.3, -0.25) is 9.89 Å². The Balaban J connectivity index is 1.90. The molecule has 1 amide bonds. The normalized spacial score (nSPS) is 19.1. The summed E-state index contributed by atoms with van der Waals surface area (Å²) in [6.45, 7) is 3.49. The molecule has 1 aliphatic rings. The average Bonchev–Trinajstić information content (AvgIpc) is 2.93. The van der Waals surface area contributed by atoms with E-state index in [4.69, 9.17) is 4.74 Å². The smallest absolute Gasteiger partial charge is 0.257 e. The van der Waals surface area contributed by atoms with E-state index < -0.39 is 0 Å². The van der Waals surface area contributed by atoms with Crippen LogP contribution in [0.2, 0.25) is 0 Å². The number of aromatic amines is 1. The standard InChI is InChI=1S/C13H15N5O2/c1-9-4-16-17-12(9)11-7-20-3-2-18(11)13(19)10-5-14-8-15-6-10/h4-6,8,11H,2-3,7H2,1H3,(H,16,17). The monoisotopic (exact) mass is 273 g/mol. The Morgan fingerprint density at radius 3 is 2.90 bits per heavy atom. The third-order valence-corrected chi connectivity index (χ3v) is 3.40. The fourth-order valence-electron chi connectivity index (χ4n) is 2.35. The highest BCUT2D eigenvalue weighted by Gasteiger charge is 2.31. The van der Waals surface area contributed by atoms with Crippen molar-refractivity contribution < 1.29 is 9.53 Å². The summed E-state index contributed by atoms with van der Waals surface area (Å²) in [5.41, 5.74) is 2.41. The van der Waals surface area contributed by atoms with Crippen LogP contribution in [0.4, 0.5) is 0 Å². The summed E-state index contributed by atoms with van der Waals surface area (Å²) in [5.74, 6) is -0.0899. The van der Waals surface area contributed by atoms with Gasteiger partial charge in [-0.2, -0.15) is 5.10 Å². The van der Waals surface area contributed by atoms with Crippen LogP contribution in [0.3, 0.4) is 0 Å². The van der Waals surface area contributed by atoms with Crippen LogP contribution in [0, 0.1) is 6.92 Å². The van der Waals surface area contributed by atoms with Crippen molar-refractivity contribution in [2.45, 2.75) is 13.0 Å². The topological polar surface area (TPSA) is 84.0 Å². The van der Waals surface area contributed by atoms with Crippen LogP contribution in [-0.2, 0) is 4.74 Å². The predicted octanol–water partition coefficient (Wildman–Crippen LogP) is 0.722. The Morgan fingerprint density at radius 2 is 2.20 bits per heavy atom. The van der Waals surface area contributed by atoms with Gasteiger partial charge in [-0.05, 0) is 12.5 Å². The van der Waals surface area contributed by atoms with Crippen LogP contribution < -0.4 is 0 Å². The number of rotatable bonds is 2. The van der Waals surface area contributed by atoms with Crippen LogP contribution in [-0.4, -0.2) is 50.7 Å². The molecule has 1 atom stereocenters. The van der Waals surface area contributed by atoms with E-state index >= 15 is 0 Å². The Morgan fingerprint density at radius 1 is 1.40 bits per heavy atom. The van der Waals surface area contributed by atoms with E-state index in [9.17, 15) is 4.79 Å². The van der Waals surface area contributed by atoms with Gasteiger partial charge in [-0.1, -0.05) is 0 Å². The molecule has 7 nitrogen and oxygen atoms in total. The molecule has 0 saturated carbocycles. The first kappa shape index (κ1) is 12.7. The highest BCUT2D eigenvalue weighted by Crippen LogP contribution is 2.26. The molecule has 20 heavy (non-hydrogen) atoms. The highest BCUT2D eigenvalue weighted by atomic mass is 16.5. The van der Waals surface area contributed by atoms with Crippen molar-refractivity contribution in [1.29, 1.82) is 0 Å². The molecule has 0 bridgehead atoms. The molecular weight excluding hydrogens is 258 g/mol. The third-order valence-electron chi connectivity index (χ3n) is 3.40. The van der Waals surface area contributed by atoms with Gasteiger partial charge in [-0.25, -0.2) is 9.97 Å². The van der Waals surface area contributed by atoms with E-state index in [2.05, 4.69) is 20.2 Å². The first-order chi connectivity index (χ1) is 9.77. The van der Waals surface area contributed by atoms with Gasteiger partial charge in [0.1, 0.15) is 6.33 Å². The van der Waals surface area contributed by atoms with Crippen molar-refractivity contribution in [2.24, 2.45) is 0 Å². The SMILES string of the molecule is Cc1cn[nH]c1C1COCCN1C(=O)c1cncnc1. The lowest BCUT2D eigenvalue weighted by atomic mass is 10.1. The number of nitrogens with one attached hydrogen (secondary N) is 1. The Labute approximate surface area is 116 Å². The first-order valence-corrected chi connectivity index (χ1v) is 6.41. The number of amides is 1. The zero-order chi connectivity index (χ0) is 13.9. The van der Waals surface area contributed by atoms with Gasteiger partial charge >= 0.3 is 0 Å². The summed E-state index contributed by atoms with van der Waals surface area (Å²) in [6, 6.07) is -0.154.